The van der Waals surface area contributed by atoms with Crippen molar-refractivity contribution in [1.29, 1.82) is 0 Å². The van der Waals surface area contributed by atoms with Gasteiger partial charge in [0, 0.05) is 17.1 Å². The number of nitrogens with one attached hydrogen (secondary N) is 1. The minimum absolute atomic E-state index is 0.368. The molecule has 0 spiro atoms. The largest absolute Gasteiger partial charge is 0.372 e. The van der Waals surface area contributed by atoms with Crippen LogP contribution < -0.4 is 5.32 Å². The first-order valence-corrected chi connectivity index (χ1v) is 7.91. The van der Waals surface area contributed by atoms with Crippen LogP contribution in [0.5, 0.6) is 0 Å². The lowest BCUT2D eigenvalue weighted by atomic mass is 10.1. The lowest BCUT2D eigenvalue weighted by Gasteiger charge is -2.13. The predicted octanol–water partition coefficient (Wildman–Crippen LogP) is 4.68. The van der Waals surface area contributed by atoms with Crippen LogP contribution in [0.4, 0.5) is 5.82 Å². The van der Waals surface area contributed by atoms with E-state index in [4.69, 9.17) is 4.98 Å². The highest BCUT2D eigenvalue weighted by molar-refractivity contribution is 14.1. The van der Waals surface area contributed by atoms with Crippen molar-refractivity contribution in [1.82, 2.24) is 9.97 Å². The van der Waals surface area contributed by atoms with E-state index in [0.29, 0.717) is 5.92 Å². The number of nitrogens with zero attached hydrogens (tertiary/aromatic N) is 2. The Kier molecular flexibility index (Phi) is 4.78. The molecule has 1 N–H and O–H groups in total. The van der Waals surface area contributed by atoms with Gasteiger partial charge in [-0.15, -0.1) is 0 Å². The van der Waals surface area contributed by atoms with E-state index in [2.05, 4.69) is 62.7 Å². The maximum Gasteiger partial charge on any atom is 0.161 e. The summed E-state index contributed by atoms with van der Waals surface area (Å²) in [4.78, 5) is 9.31. The van der Waals surface area contributed by atoms with Gasteiger partial charge in [0.25, 0.3) is 0 Å². The van der Waals surface area contributed by atoms with Crippen LogP contribution >= 0.6 is 38.5 Å². The van der Waals surface area contributed by atoms with Crippen molar-refractivity contribution in [3.63, 3.8) is 0 Å². The van der Waals surface area contributed by atoms with Crippen LogP contribution in [0.1, 0.15) is 25.5 Å². The Morgan fingerprint density at radius 3 is 2.58 bits per heavy atom. The van der Waals surface area contributed by atoms with Gasteiger partial charge in [-0.3, -0.25) is 0 Å². The topological polar surface area (TPSA) is 37.8 Å². The van der Waals surface area contributed by atoms with Gasteiger partial charge in [-0.25, -0.2) is 9.97 Å². The highest BCUT2D eigenvalue weighted by Crippen LogP contribution is 2.28. The molecule has 2 aromatic rings. The Morgan fingerprint density at radius 2 is 2.00 bits per heavy atom. The van der Waals surface area contributed by atoms with Crippen molar-refractivity contribution >= 4 is 44.3 Å². The van der Waals surface area contributed by atoms with E-state index < -0.39 is 0 Å². The average molecular weight is 432 g/mol. The van der Waals surface area contributed by atoms with Gasteiger partial charge in [-0.2, -0.15) is 0 Å². The number of benzene rings is 1. The zero-order valence-corrected chi connectivity index (χ0v) is 14.8. The first-order chi connectivity index (χ1) is 9.02. The molecule has 1 aromatic heterocycles. The Labute approximate surface area is 135 Å². The fourth-order valence-corrected chi connectivity index (χ4v) is 3.30. The van der Waals surface area contributed by atoms with Crippen molar-refractivity contribution in [2.24, 2.45) is 0 Å². The molecule has 0 fully saturated rings. The Morgan fingerprint density at radius 1 is 1.26 bits per heavy atom. The zero-order valence-electron chi connectivity index (χ0n) is 11.0. The predicted molar refractivity (Wildman–Crippen MR) is 91.5 cm³/mol. The molecule has 0 amide bonds. The third-order valence-corrected chi connectivity index (χ3v) is 4.30. The monoisotopic (exact) mass is 431 g/mol. The van der Waals surface area contributed by atoms with Crippen LogP contribution in [-0.2, 0) is 0 Å². The van der Waals surface area contributed by atoms with Gasteiger partial charge in [-0.1, -0.05) is 41.9 Å². The number of hydrogen-bond donors (Lipinski definition) is 1. The minimum Gasteiger partial charge on any atom is -0.372 e. The molecule has 0 radical (unpaired) electrons. The Balaban J connectivity index is 2.61. The number of rotatable bonds is 3. The fraction of sp³-hybridized carbons (Fsp3) is 0.286. The van der Waals surface area contributed by atoms with E-state index in [1.54, 1.807) is 0 Å². The van der Waals surface area contributed by atoms with Crippen molar-refractivity contribution < 1.29 is 0 Å². The number of halogens is 2. The molecular weight excluding hydrogens is 417 g/mol. The van der Waals surface area contributed by atoms with E-state index >= 15 is 0 Å². The van der Waals surface area contributed by atoms with E-state index in [1.807, 2.05) is 31.3 Å². The standard InChI is InChI=1S/C14H15BrIN3/c1-8(2)12-11(16)14(17-3)19-13(18-12)9-5-4-6-10(15)7-9/h4-8H,1-3H3,(H,17,18,19). The van der Waals surface area contributed by atoms with Crippen molar-refractivity contribution in [2.75, 3.05) is 12.4 Å². The molecule has 19 heavy (non-hydrogen) atoms. The third-order valence-electron chi connectivity index (χ3n) is 2.74. The van der Waals surface area contributed by atoms with Crippen molar-refractivity contribution in [3.8, 4) is 11.4 Å². The molecule has 0 bridgehead atoms. The second-order valence-corrected chi connectivity index (χ2v) is 6.50. The van der Waals surface area contributed by atoms with Crippen molar-refractivity contribution in [2.45, 2.75) is 19.8 Å². The van der Waals surface area contributed by atoms with Gasteiger partial charge in [-0.05, 0) is 40.6 Å². The number of anilines is 1. The van der Waals surface area contributed by atoms with Crippen LogP contribution in [0.3, 0.4) is 0 Å². The fourth-order valence-electron chi connectivity index (χ4n) is 1.77. The zero-order chi connectivity index (χ0) is 14.0. The summed E-state index contributed by atoms with van der Waals surface area (Å²) in [5.41, 5.74) is 2.10. The van der Waals surface area contributed by atoms with Crippen LogP contribution in [-0.4, -0.2) is 17.0 Å². The highest BCUT2D eigenvalue weighted by atomic mass is 127. The van der Waals surface area contributed by atoms with Crippen molar-refractivity contribution in [3.05, 3.63) is 38.0 Å². The minimum atomic E-state index is 0.368. The molecule has 5 heteroatoms. The maximum atomic E-state index is 4.71. The SMILES string of the molecule is CNc1nc(-c2cccc(Br)c2)nc(C(C)C)c1I. The average Bonchev–Trinajstić information content (AvgIpc) is 2.38. The van der Waals surface area contributed by atoms with Crippen LogP contribution in [0.2, 0.25) is 0 Å². The molecular formula is C14H15BrIN3. The summed E-state index contributed by atoms with van der Waals surface area (Å²) in [6.45, 7) is 4.29. The molecule has 100 valence electrons. The molecule has 2 rings (SSSR count). The maximum absolute atomic E-state index is 4.71. The summed E-state index contributed by atoms with van der Waals surface area (Å²) < 4.78 is 2.12. The summed E-state index contributed by atoms with van der Waals surface area (Å²) in [6.07, 6.45) is 0. The molecule has 0 atom stereocenters. The van der Waals surface area contributed by atoms with Gasteiger partial charge in [0.05, 0.1) is 9.26 Å². The van der Waals surface area contributed by atoms with Gasteiger partial charge in [0.15, 0.2) is 5.82 Å². The van der Waals surface area contributed by atoms with Crippen LogP contribution in [0.15, 0.2) is 28.7 Å². The molecule has 0 saturated carbocycles. The lowest BCUT2D eigenvalue weighted by Crippen LogP contribution is -2.06. The molecule has 0 unspecified atom stereocenters. The smallest absolute Gasteiger partial charge is 0.161 e. The molecule has 0 saturated heterocycles. The van der Waals surface area contributed by atoms with E-state index in [0.717, 1.165) is 30.9 Å². The second kappa shape index (κ2) is 6.17. The Bertz CT molecular complexity index is 599. The normalized spacial score (nSPS) is 10.8. The molecule has 0 aliphatic carbocycles. The number of hydrogen-bond acceptors (Lipinski definition) is 3. The van der Waals surface area contributed by atoms with Crippen LogP contribution in [0, 0.1) is 3.57 Å². The van der Waals surface area contributed by atoms with Gasteiger partial charge in [0.2, 0.25) is 0 Å². The van der Waals surface area contributed by atoms with E-state index in [9.17, 15) is 0 Å². The quantitative estimate of drug-likeness (QED) is 0.717. The third kappa shape index (κ3) is 3.25. The molecule has 1 heterocycles. The first-order valence-electron chi connectivity index (χ1n) is 6.04. The van der Waals surface area contributed by atoms with E-state index in [1.165, 1.54) is 0 Å². The molecule has 3 nitrogen and oxygen atoms in total. The summed E-state index contributed by atoms with van der Waals surface area (Å²) in [5, 5.41) is 3.14. The van der Waals surface area contributed by atoms with Gasteiger partial charge < -0.3 is 5.32 Å². The first kappa shape index (κ1) is 14.7. The van der Waals surface area contributed by atoms with Gasteiger partial charge in [0.1, 0.15) is 5.82 Å². The Hall–Kier alpha value is -0.690. The highest BCUT2D eigenvalue weighted by Gasteiger charge is 2.15. The summed E-state index contributed by atoms with van der Waals surface area (Å²) >= 11 is 5.79. The molecule has 0 aliphatic heterocycles. The lowest BCUT2D eigenvalue weighted by molar-refractivity contribution is 0.809. The summed E-state index contributed by atoms with van der Waals surface area (Å²) in [6, 6.07) is 8.05. The van der Waals surface area contributed by atoms with Gasteiger partial charge >= 0.3 is 0 Å². The van der Waals surface area contributed by atoms with Crippen LogP contribution in [0.25, 0.3) is 11.4 Å². The van der Waals surface area contributed by atoms with E-state index in [-0.39, 0.29) is 0 Å². The molecule has 0 aliphatic rings. The second-order valence-electron chi connectivity index (χ2n) is 4.51. The number of aromatic nitrogens is 2. The summed E-state index contributed by atoms with van der Waals surface area (Å²) in [5.74, 6) is 2.01. The summed E-state index contributed by atoms with van der Waals surface area (Å²) in [7, 11) is 1.89. The molecule has 1 aromatic carbocycles.